The minimum atomic E-state index is -0.0593. The van der Waals surface area contributed by atoms with Crippen LogP contribution in [-0.2, 0) is 13.5 Å². The predicted molar refractivity (Wildman–Crippen MR) is 127 cm³/mol. The molecule has 2 aromatic carbocycles. The largest absolute Gasteiger partial charge is 0.493 e. The zero-order chi connectivity index (χ0) is 23.2. The Balaban J connectivity index is 2.05. The minimum absolute atomic E-state index is 0.0593. The van der Waals surface area contributed by atoms with Gasteiger partial charge in [0.15, 0.2) is 11.5 Å². The van der Waals surface area contributed by atoms with E-state index in [-0.39, 0.29) is 11.7 Å². The zero-order valence-corrected chi connectivity index (χ0v) is 19.9. The fraction of sp³-hybridized carbons (Fsp3) is 0.385. The van der Waals surface area contributed by atoms with Crippen molar-refractivity contribution in [3.05, 3.63) is 68.6 Å². The van der Waals surface area contributed by atoms with Gasteiger partial charge in [-0.25, -0.2) is 9.79 Å². The van der Waals surface area contributed by atoms with Crippen LogP contribution in [0.4, 0.5) is 5.69 Å². The number of methoxy groups -OCH3 is 2. The number of hydrogen-bond donors (Lipinski definition) is 0. The molecule has 1 aliphatic heterocycles. The van der Waals surface area contributed by atoms with Crippen molar-refractivity contribution in [1.29, 1.82) is 0 Å². The lowest BCUT2D eigenvalue weighted by Crippen LogP contribution is -2.42. The van der Waals surface area contributed by atoms with Gasteiger partial charge in [-0.3, -0.25) is 9.13 Å². The van der Waals surface area contributed by atoms with Gasteiger partial charge in [-0.1, -0.05) is 24.6 Å². The van der Waals surface area contributed by atoms with E-state index < -0.39 is 0 Å². The second-order valence-electron chi connectivity index (χ2n) is 8.59. The molecule has 4 rings (SSSR count). The Morgan fingerprint density at radius 2 is 1.62 bits per heavy atom. The van der Waals surface area contributed by atoms with Gasteiger partial charge in [-0.2, -0.15) is 0 Å². The summed E-state index contributed by atoms with van der Waals surface area (Å²) in [7, 11) is 5.07. The van der Waals surface area contributed by atoms with Crippen molar-refractivity contribution in [2.75, 3.05) is 14.2 Å². The van der Waals surface area contributed by atoms with Crippen molar-refractivity contribution in [1.82, 2.24) is 9.13 Å². The van der Waals surface area contributed by atoms with Crippen LogP contribution in [0.15, 0.2) is 40.1 Å². The molecule has 1 aliphatic rings. The Morgan fingerprint density at radius 3 is 2.22 bits per heavy atom. The molecular weight excluding hydrogens is 402 g/mol. The summed E-state index contributed by atoms with van der Waals surface area (Å²) >= 11 is 0. The highest BCUT2D eigenvalue weighted by molar-refractivity contribution is 5.70. The van der Waals surface area contributed by atoms with E-state index in [1.165, 1.54) is 5.56 Å². The van der Waals surface area contributed by atoms with Crippen molar-refractivity contribution >= 4 is 5.69 Å². The number of fused-ring (bicyclic) bond motifs is 3. The third kappa shape index (κ3) is 3.53. The summed E-state index contributed by atoms with van der Waals surface area (Å²) in [4.78, 5) is 18.5. The maximum Gasteiger partial charge on any atom is 0.330 e. The summed E-state index contributed by atoms with van der Waals surface area (Å²) in [6.07, 6.45) is 1.62. The molecule has 1 atom stereocenters. The first-order valence-electron chi connectivity index (χ1n) is 11.0. The second-order valence-corrected chi connectivity index (χ2v) is 8.59. The molecule has 0 N–H and O–H groups in total. The van der Waals surface area contributed by atoms with E-state index in [0.29, 0.717) is 17.0 Å². The highest BCUT2D eigenvalue weighted by Gasteiger charge is 2.27. The minimum Gasteiger partial charge on any atom is -0.493 e. The van der Waals surface area contributed by atoms with Gasteiger partial charge in [0.25, 0.3) is 0 Å². The third-order valence-electron chi connectivity index (χ3n) is 6.40. The molecule has 0 aliphatic carbocycles. The molecule has 0 saturated carbocycles. The normalized spacial score (nSPS) is 15.3. The monoisotopic (exact) mass is 433 g/mol. The standard InChI is InChI=1S/C26H31N3O3/c1-8-19-11-18-12-22(31-6)23(32-7)13-20(18)21-14-24(28(5)26(30)29(19)21)27-25-16(3)9-15(2)10-17(25)4/h9-10,12-14,19H,8,11H2,1-7H3/t19-/m1/s1. The van der Waals surface area contributed by atoms with Gasteiger partial charge in [0.05, 0.1) is 25.6 Å². The molecule has 168 valence electrons. The van der Waals surface area contributed by atoms with Gasteiger partial charge in [0, 0.05) is 24.7 Å². The average molecular weight is 434 g/mol. The summed E-state index contributed by atoms with van der Waals surface area (Å²) in [6, 6.07) is 10.3. The van der Waals surface area contributed by atoms with Crippen molar-refractivity contribution in [2.24, 2.45) is 12.0 Å². The lowest BCUT2D eigenvalue weighted by Gasteiger charge is -2.30. The molecule has 0 spiro atoms. The third-order valence-corrected chi connectivity index (χ3v) is 6.40. The fourth-order valence-corrected chi connectivity index (χ4v) is 4.78. The Kier molecular flexibility index (Phi) is 5.71. The van der Waals surface area contributed by atoms with Crippen molar-refractivity contribution < 1.29 is 9.47 Å². The smallest absolute Gasteiger partial charge is 0.330 e. The number of rotatable bonds is 4. The van der Waals surface area contributed by atoms with Gasteiger partial charge in [0.1, 0.15) is 5.49 Å². The van der Waals surface area contributed by atoms with Crippen LogP contribution in [-0.4, -0.2) is 23.4 Å². The number of aromatic nitrogens is 2. The van der Waals surface area contributed by atoms with Gasteiger partial charge in [-0.05, 0) is 62.4 Å². The van der Waals surface area contributed by atoms with E-state index in [1.54, 1.807) is 25.8 Å². The molecular formula is C26H31N3O3. The number of hydrogen-bond acceptors (Lipinski definition) is 4. The first kappa shape index (κ1) is 21.9. The van der Waals surface area contributed by atoms with Crippen LogP contribution >= 0.6 is 0 Å². The Hall–Kier alpha value is -3.28. The Bertz CT molecular complexity index is 1310. The lowest BCUT2D eigenvalue weighted by atomic mass is 9.91. The quantitative estimate of drug-likeness (QED) is 0.607. The maximum absolute atomic E-state index is 13.5. The van der Waals surface area contributed by atoms with Crippen LogP contribution in [0.2, 0.25) is 0 Å². The topological polar surface area (TPSA) is 57.8 Å². The first-order chi connectivity index (χ1) is 15.3. The second kappa shape index (κ2) is 8.34. The van der Waals surface area contributed by atoms with Crippen LogP contribution in [0.1, 0.15) is 41.6 Å². The molecule has 0 saturated heterocycles. The van der Waals surface area contributed by atoms with Crippen LogP contribution < -0.4 is 20.7 Å². The van der Waals surface area contributed by atoms with E-state index in [2.05, 4.69) is 39.8 Å². The predicted octanol–water partition coefficient (Wildman–Crippen LogP) is 4.54. The molecule has 2 heterocycles. The zero-order valence-electron chi connectivity index (χ0n) is 19.9. The van der Waals surface area contributed by atoms with E-state index >= 15 is 0 Å². The molecule has 6 heteroatoms. The molecule has 6 nitrogen and oxygen atoms in total. The van der Waals surface area contributed by atoms with Crippen LogP contribution in [0.5, 0.6) is 11.5 Å². The molecule has 1 aromatic heterocycles. The van der Waals surface area contributed by atoms with Gasteiger partial charge < -0.3 is 9.47 Å². The summed E-state index contributed by atoms with van der Waals surface area (Å²) in [5.41, 5.74) is 7.88. The molecule has 0 amide bonds. The van der Waals surface area contributed by atoms with Crippen molar-refractivity contribution in [2.45, 2.75) is 46.6 Å². The Morgan fingerprint density at radius 1 is 1.00 bits per heavy atom. The lowest BCUT2D eigenvalue weighted by molar-refractivity contribution is 0.353. The average Bonchev–Trinajstić information content (AvgIpc) is 2.77. The molecule has 0 fully saturated rings. The van der Waals surface area contributed by atoms with E-state index in [0.717, 1.165) is 46.5 Å². The number of nitrogens with zero attached hydrogens (tertiary/aromatic N) is 3. The Labute approximate surface area is 188 Å². The summed E-state index contributed by atoms with van der Waals surface area (Å²) in [6.45, 7) is 8.32. The molecule has 3 aromatic rings. The van der Waals surface area contributed by atoms with Crippen LogP contribution in [0.3, 0.4) is 0 Å². The highest BCUT2D eigenvalue weighted by Crippen LogP contribution is 2.40. The van der Waals surface area contributed by atoms with E-state index in [1.807, 2.05) is 22.8 Å². The van der Waals surface area contributed by atoms with Gasteiger partial charge >= 0.3 is 5.69 Å². The van der Waals surface area contributed by atoms with Gasteiger partial charge in [-0.15, -0.1) is 0 Å². The van der Waals surface area contributed by atoms with Crippen molar-refractivity contribution in [3.8, 4) is 22.8 Å². The molecule has 32 heavy (non-hydrogen) atoms. The first-order valence-corrected chi connectivity index (χ1v) is 11.0. The fourth-order valence-electron chi connectivity index (χ4n) is 4.78. The summed E-state index contributed by atoms with van der Waals surface area (Å²) in [5, 5.41) is 0. The number of ether oxygens (including phenoxy) is 2. The van der Waals surface area contributed by atoms with E-state index in [4.69, 9.17) is 14.5 Å². The summed E-state index contributed by atoms with van der Waals surface area (Å²) in [5.74, 6) is 1.35. The van der Waals surface area contributed by atoms with Crippen LogP contribution in [0, 0.1) is 20.8 Å². The number of benzene rings is 2. The SMILES string of the molecule is CC[C@@H]1Cc2cc(OC)c(OC)cc2-c2cc(=Nc3c(C)cc(C)cc3C)n(C)c(=O)n21. The van der Waals surface area contributed by atoms with Gasteiger partial charge in [0.2, 0.25) is 0 Å². The van der Waals surface area contributed by atoms with Crippen molar-refractivity contribution in [3.63, 3.8) is 0 Å². The number of aryl methyl sites for hydroxylation is 3. The summed E-state index contributed by atoms with van der Waals surface area (Å²) < 4.78 is 14.6. The van der Waals surface area contributed by atoms with E-state index in [9.17, 15) is 4.79 Å². The molecule has 0 bridgehead atoms. The molecule has 0 unspecified atom stereocenters. The highest BCUT2D eigenvalue weighted by atomic mass is 16.5. The van der Waals surface area contributed by atoms with Crippen LogP contribution in [0.25, 0.3) is 11.3 Å². The maximum atomic E-state index is 13.5. The molecule has 0 radical (unpaired) electrons.